The molecule has 0 spiro atoms. The van der Waals surface area contributed by atoms with Gasteiger partial charge in [0, 0.05) is 12.4 Å². The Balaban J connectivity index is 1.99. The predicted molar refractivity (Wildman–Crippen MR) is 73.1 cm³/mol. The number of amides is 1. The lowest BCUT2D eigenvalue weighted by atomic mass is 10.3. The van der Waals surface area contributed by atoms with Gasteiger partial charge in [0.2, 0.25) is 5.91 Å². The highest BCUT2D eigenvalue weighted by Gasteiger charge is 2.07. The molecule has 1 heterocycles. The molecule has 0 radical (unpaired) electrons. The van der Waals surface area contributed by atoms with Crippen LogP contribution in [-0.2, 0) is 11.3 Å². The van der Waals surface area contributed by atoms with E-state index in [1.165, 1.54) is 0 Å². The summed E-state index contributed by atoms with van der Waals surface area (Å²) in [5, 5.41) is 6.83. The van der Waals surface area contributed by atoms with E-state index in [2.05, 4.69) is 10.4 Å². The van der Waals surface area contributed by atoms with Crippen molar-refractivity contribution in [2.75, 3.05) is 11.9 Å². The first kappa shape index (κ1) is 13.1. The Hall–Kier alpha value is -2.30. The summed E-state index contributed by atoms with van der Waals surface area (Å²) in [6.45, 7) is 2.86. The van der Waals surface area contributed by atoms with E-state index >= 15 is 0 Å². The molecular formula is C14H17N3O2. The highest BCUT2D eigenvalue weighted by atomic mass is 16.5. The summed E-state index contributed by atoms with van der Waals surface area (Å²) in [6, 6.07) is 9.20. The Kier molecular flexibility index (Phi) is 4.55. The van der Waals surface area contributed by atoms with E-state index in [9.17, 15) is 4.79 Å². The van der Waals surface area contributed by atoms with Gasteiger partial charge in [0.25, 0.3) is 0 Å². The smallest absolute Gasteiger partial charge is 0.246 e. The topological polar surface area (TPSA) is 56.1 Å². The Labute approximate surface area is 112 Å². The molecule has 0 bridgehead atoms. The number of anilines is 1. The van der Waals surface area contributed by atoms with Crippen LogP contribution in [0.15, 0.2) is 42.7 Å². The van der Waals surface area contributed by atoms with Gasteiger partial charge in [0.1, 0.15) is 12.3 Å². The second-order valence-electron chi connectivity index (χ2n) is 4.10. The summed E-state index contributed by atoms with van der Waals surface area (Å²) in [4.78, 5) is 11.9. The van der Waals surface area contributed by atoms with E-state index in [0.29, 0.717) is 18.0 Å². The molecule has 0 saturated heterocycles. The summed E-state index contributed by atoms with van der Waals surface area (Å²) in [6.07, 6.45) is 4.32. The molecule has 1 aromatic carbocycles. The zero-order chi connectivity index (χ0) is 13.5. The standard InChI is InChI=1S/C14H17N3O2/c1-2-10-19-13-7-4-3-6-12(13)16-14(18)11-17-9-5-8-15-17/h3-9H,2,10-11H2,1H3,(H,16,18). The molecule has 2 aromatic rings. The van der Waals surface area contributed by atoms with E-state index in [-0.39, 0.29) is 12.5 Å². The number of nitrogens with one attached hydrogen (secondary N) is 1. The first-order valence-corrected chi connectivity index (χ1v) is 6.28. The molecule has 0 fully saturated rings. The Morgan fingerprint density at radius 2 is 2.21 bits per heavy atom. The van der Waals surface area contributed by atoms with Crippen LogP contribution < -0.4 is 10.1 Å². The van der Waals surface area contributed by atoms with Gasteiger partial charge >= 0.3 is 0 Å². The number of carbonyl (C=O) groups is 1. The fourth-order valence-electron chi connectivity index (χ4n) is 1.64. The lowest BCUT2D eigenvalue weighted by molar-refractivity contribution is -0.116. The molecule has 1 aromatic heterocycles. The molecule has 100 valence electrons. The molecule has 0 aliphatic heterocycles. The molecule has 19 heavy (non-hydrogen) atoms. The highest BCUT2D eigenvalue weighted by molar-refractivity contribution is 5.92. The zero-order valence-electron chi connectivity index (χ0n) is 10.9. The fourth-order valence-corrected chi connectivity index (χ4v) is 1.64. The predicted octanol–water partition coefficient (Wildman–Crippen LogP) is 2.31. The van der Waals surface area contributed by atoms with Gasteiger partial charge < -0.3 is 10.1 Å². The van der Waals surface area contributed by atoms with Gasteiger partial charge in [-0.15, -0.1) is 0 Å². The maximum Gasteiger partial charge on any atom is 0.246 e. The van der Waals surface area contributed by atoms with Gasteiger partial charge in [-0.1, -0.05) is 19.1 Å². The number of hydrogen-bond donors (Lipinski definition) is 1. The Bertz CT molecular complexity index is 523. The van der Waals surface area contributed by atoms with Crippen LogP contribution in [0.25, 0.3) is 0 Å². The minimum atomic E-state index is -0.128. The summed E-state index contributed by atoms with van der Waals surface area (Å²) in [5.41, 5.74) is 0.688. The zero-order valence-corrected chi connectivity index (χ0v) is 10.9. The summed E-state index contributed by atoms with van der Waals surface area (Å²) < 4.78 is 7.16. The van der Waals surface area contributed by atoms with Crippen molar-refractivity contribution in [2.45, 2.75) is 19.9 Å². The molecule has 5 nitrogen and oxygen atoms in total. The van der Waals surface area contributed by atoms with E-state index in [1.54, 1.807) is 23.1 Å². The van der Waals surface area contributed by atoms with Gasteiger partial charge in [-0.2, -0.15) is 5.10 Å². The minimum absolute atomic E-state index is 0.128. The quantitative estimate of drug-likeness (QED) is 0.866. The van der Waals surface area contributed by atoms with Crippen LogP contribution in [0.5, 0.6) is 5.75 Å². The van der Waals surface area contributed by atoms with Gasteiger partial charge in [-0.25, -0.2) is 0 Å². The average molecular weight is 259 g/mol. The maximum atomic E-state index is 11.9. The highest BCUT2D eigenvalue weighted by Crippen LogP contribution is 2.23. The van der Waals surface area contributed by atoms with Crippen LogP contribution in [0.4, 0.5) is 5.69 Å². The van der Waals surface area contributed by atoms with Crippen molar-refractivity contribution in [3.8, 4) is 5.75 Å². The van der Waals surface area contributed by atoms with Crippen LogP contribution >= 0.6 is 0 Å². The second kappa shape index (κ2) is 6.58. The SMILES string of the molecule is CCCOc1ccccc1NC(=O)Cn1cccn1. The molecule has 0 atom stereocenters. The first-order valence-electron chi connectivity index (χ1n) is 6.28. The third-order valence-corrected chi connectivity index (χ3v) is 2.49. The number of ether oxygens (including phenoxy) is 1. The number of carbonyl (C=O) groups excluding carboxylic acids is 1. The Morgan fingerprint density at radius 3 is 2.95 bits per heavy atom. The number of hydrogen-bond acceptors (Lipinski definition) is 3. The van der Waals surface area contributed by atoms with Crippen LogP contribution in [0.1, 0.15) is 13.3 Å². The van der Waals surface area contributed by atoms with Gasteiger partial charge in [0.15, 0.2) is 0 Å². The molecule has 1 N–H and O–H groups in total. The number of para-hydroxylation sites is 2. The van der Waals surface area contributed by atoms with Crippen LogP contribution in [0, 0.1) is 0 Å². The summed E-state index contributed by atoms with van der Waals surface area (Å²) in [7, 11) is 0. The number of benzene rings is 1. The summed E-state index contributed by atoms with van der Waals surface area (Å²) >= 11 is 0. The largest absolute Gasteiger partial charge is 0.491 e. The van der Waals surface area contributed by atoms with Gasteiger partial charge in [-0.3, -0.25) is 9.48 Å². The lowest BCUT2D eigenvalue weighted by Gasteiger charge is -2.11. The van der Waals surface area contributed by atoms with Crippen LogP contribution in [-0.4, -0.2) is 22.3 Å². The molecule has 5 heteroatoms. The first-order chi connectivity index (χ1) is 9.29. The van der Waals surface area contributed by atoms with Crippen LogP contribution in [0.2, 0.25) is 0 Å². The molecular weight excluding hydrogens is 242 g/mol. The number of rotatable bonds is 6. The van der Waals surface area contributed by atoms with Gasteiger partial charge in [0.05, 0.1) is 12.3 Å². The van der Waals surface area contributed by atoms with E-state index in [1.807, 2.05) is 31.2 Å². The van der Waals surface area contributed by atoms with Crippen LogP contribution in [0.3, 0.4) is 0 Å². The molecule has 0 aliphatic carbocycles. The molecule has 0 unspecified atom stereocenters. The molecule has 0 saturated carbocycles. The minimum Gasteiger partial charge on any atom is -0.491 e. The molecule has 1 amide bonds. The summed E-state index contributed by atoms with van der Waals surface area (Å²) in [5.74, 6) is 0.564. The van der Waals surface area contributed by atoms with Crippen molar-refractivity contribution >= 4 is 11.6 Å². The third-order valence-electron chi connectivity index (χ3n) is 2.49. The van der Waals surface area contributed by atoms with E-state index < -0.39 is 0 Å². The molecule has 2 rings (SSSR count). The van der Waals surface area contributed by atoms with Crippen molar-refractivity contribution in [3.63, 3.8) is 0 Å². The number of aromatic nitrogens is 2. The van der Waals surface area contributed by atoms with Crippen molar-refractivity contribution in [2.24, 2.45) is 0 Å². The number of nitrogens with zero attached hydrogens (tertiary/aromatic N) is 2. The third kappa shape index (κ3) is 3.84. The maximum absolute atomic E-state index is 11.9. The van der Waals surface area contributed by atoms with Crippen molar-refractivity contribution in [3.05, 3.63) is 42.7 Å². The fraction of sp³-hybridized carbons (Fsp3) is 0.286. The van der Waals surface area contributed by atoms with Crippen molar-refractivity contribution in [1.29, 1.82) is 0 Å². The van der Waals surface area contributed by atoms with Crippen molar-refractivity contribution < 1.29 is 9.53 Å². The Morgan fingerprint density at radius 1 is 1.37 bits per heavy atom. The second-order valence-corrected chi connectivity index (χ2v) is 4.10. The normalized spacial score (nSPS) is 10.2. The van der Waals surface area contributed by atoms with E-state index in [0.717, 1.165) is 6.42 Å². The lowest BCUT2D eigenvalue weighted by Crippen LogP contribution is -2.19. The van der Waals surface area contributed by atoms with Crippen molar-refractivity contribution in [1.82, 2.24) is 9.78 Å². The monoisotopic (exact) mass is 259 g/mol. The average Bonchev–Trinajstić information content (AvgIpc) is 2.90. The van der Waals surface area contributed by atoms with E-state index in [4.69, 9.17) is 4.74 Å². The molecule has 0 aliphatic rings. The van der Waals surface area contributed by atoms with Gasteiger partial charge in [-0.05, 0) is 24.6 Å².